The van der Waals surface area contributed by atoms with Gasteiger partial charge < -0.3 is 24.1 Å². The van der Waals surface area contributed by atoms with Crippen LogP contribution in [0.1, 0.15) is 110 Å². The van der Waals surface area contributed by atoms with Crippen LogP contribution >= 0.6 is 0 Å². The summed E-state index contributed by atoms with van der Waals surface area (Å²) in [6, 6.07) is 8.07. The predicted molar refractivity (Wildman–Crippen MR) is 218 cm³/mol. The number of hydrogen-bond donors (Lipinski definition) is 2. The Morgan fingerprint density at radius 2 is 1.69 bits per heavy atom. The maximum absolute atomic E-state index is 13.3. The number of fused-ring (bicyclic) bond motifs is 1. The van der Waals surface area contributed by atoms with Gasteiger partial charge >= 0.3 is 0 Å². The second-order valence-electron chi connectivity index (χ2n) is 16.2. The first-order chi connectivity index (χ1) is 27.7. The molecule has 2 atom stereocenters. The minimum absolute atomic E-state index is 0.0166. The van der Waals surface area contributed by atoms with Gasteiger partial charge in [-0.25, -0.2) is 4.98 Å². The average Bonchev–Trinajstić information content (AvgIpc) is 3.44. The number of rotatable bonds is 20. The van der Waals surface area contributed by atoms with Gasteiger partial charge in [-0.05, 0) is 87.6 Å². The molecule has 1 saturated heterocycles. The largest absolute Gasteiger partial charge is 0.496 e. The van der Waals surface area contributed by atoms with E-state index < -0.39 is 29.7 Å². The number of hydrogen-bond acceptors (Lipinski definition) is 10. The molecule has 1 unspecified atom stereocenters. The van der Waals surface area contributed by atoms with E-state index in [1.54, 1.807) is 46.5 Å². The van der Waals surface area contributed by atoms with Gasteiger partial charge in [0.25, 0.3) is 17.4 Å². The highest BCUT2D eigenvalue weighted by atomic mass is 16.5. The molecule has 5 rings (SSSR count). The van der Waals surface area contributed by atoms with Crippen LogP contribution in [0.25, 0.3) is 11.3 Å². The number of carbonyl (C=O) groups excluding carboxylic acids is 5. The van der Waals surface area contributed by atoms with Crippen LogP contribution in [0.15, 0.2) is 41.3 Å². The van der Waals surface area contributed by atoms with E-state index in [-0.39, 0.29) is 46.8 Å². The Balaban J connectivity index is 1.05. The standard InChI is InChI=1S/C44H57N5O9/c1-8-11-29(15-14-28-16-17-31-33(20-28)43(55)49(42(31)54)35-18-19-39(51)47-40(35)52)24-58-26-44(3,4)25-45-38(50)13-10-9-12-32-36(56-6)21-30(22-37(32)57-7)34-23-48(5)41(53)27(2)46-34/h16-17,20-23,29,35H,8-15,18-19,24-26H2,1-7H3,(H,45,50)(H,47,51,52)/t29-,35?/m0/s1. The molecule has 14 heteroatoms. The van der Waals surface area contributed by atoms with Crippen LogP contribution in [-0.2, 0) is 39.0 Å². The van der Waals surface area contributed by atoms with Gasteiger partial charge in [-0.3, -0.25) is 39.0 Å². The summed E-state index contributed by atoms with van der Waals surface area (Å²) in [5.41, 5.74) is 3.79. The van der Waals surface area contributed by atoms with Crippen molar-refractivity contribution in [3.05, 3.63) is 74.8 Å². The molecular formula is C44H57N5O9. The number of aromatic nitrogens is 2. The lowest BCUT2D eigenvalue weighted by atomic mass is 9.93. The summed E-state index contributed by atoms with van der Waals surface area (Å²) in [6.07, 6.45) is 7.85. The fraction of sp³-hybridized carbons (Fsp3) is 0.523. The minimum Gasteiger partial charge on any atom is -0.496 e. The Hall–Kier alpha value is -5.37. The Kier molecular flexibility index (Phi) is 14.6. The van der Waals surface area contributed by atoms with E-state index in [4.69, 9.17) is 14.2 Å². The fourth-order valence-electron chi connectivity index (χ4n) is 7.60. The van der Waals surface area contributed by atoms with Crippen LogP contribution < -0.4 is 25.7 Å². The number of nitrogens with zero attached hydrogens (tertiary/aromatic N) is 3. The fourth-order valence-corrected chi connectivity index (χ4v) is 7.60. The number of nitrogens with one attached hydrogen (secondary N) is 2. The summed E-state index contributed by atoms with van der Waals surface area (Å²) in [4.78, 5) is 80.8. The highest BCUT2D eigenvalue weighted by Gasteiger charge is 2.44. The highest BCUT2D eigenvalue weighted by Crippen LogP contribution is 2.36. The first-order valence-electron chi connectivity index (χ1n) is 20.1. The molecule has 14 nitrogen and oxygen atoms in total. The molecule has 0 saturated carbocycles. The Morgan fingerprint density at radius 1 is 0.983 bits per heavy atom. The van der Waals surface area contributed by atoms with Crippen molar-refractivity contribution in [2.24, 2.45) is 18.4 Å². The van der Waals surface area contributed by atoms with Crippen LogP contribution in [0.4, 0.5) is 0 Å². The van der Waals surface area contributed by atoms with Gasteiger partial charge in [0.1, 0.15) is 23.2 Å². The van der Waals surface area contributed by atoms with Crippen molar-refractivity contribution in [1.82, 2.24) is 25.1 Å². The van der Waals surface area contributed by atoms with Crippen LogP contribution in [0, 0.1) is 18.3 Å². The summed E-state index contributed by atoms with van der Waals surface area (Å²) < 4.78 is 19.2. The molecule has 2 aromatic carbocycles. The second kappa shape index (κ2) is 19.4. The number of ether oxygens (including phenoxy) is 3. The lowest BCUT2D eigenvalue weighted by Gasteiger charge is -2.27. The molecule has 1 aromatic heterocycles. The van der Waals surface area contributed by atoms with E-state index >= 15 is 0 Å². The Morgan fingerprint density at radius 3 is 2.34 bits per heavy atom. The quantitative estimate of drug-likeness (QED) is 0.116. The molecule has 0 spiro atoms. The van der Waals surface area contributed by atoms with Crippen molar-refractivity contribution < 1.29 is 38.2 Å². The number of amides is 5. The molecule has 0 bridgehead atoms. The number of aryl methyl sites for hydroxylation is 3. The summed E-state index contributed by atoms with van der Waals surface area (Å²) in [5.74, 6) is -0.456. The highest BCUT2D eigenvalue weighted by molar-refractivity contribution is 6.23. The van der Waals surface area contributed by atoms with Gasteiger partial charge in [0.05, 0.1) is 37.6 Å². The molecule has 58 heavy (non-hydrogen) atoms. The summed E-state index contributed by atoms with van der Waals surface area (Å²) in [7, 11) is 4.91. The predicted octanol–water partition coefficient (Wildman–Crippen LogP) is 5.10. The molecule has 312 valence electrons. The van der Waals surface area contributed by atoms with Crippen molar-refractivity contribution in [3.8, 4) is 22.8 Å². The van der Waals surface area contributed by atoms with Gasteiger partial charge in [0.15, 0.2) is 0 Å². The van der Waals surface area contributed by atoms with Gasteiger partial charge in [0.2, 0.25) is 17.7 Å². The number of unbranched alkanes of at least 4 members (excludes halogenated alkanes) is 1. The molecular weight excluding hydrogens is 743 g/mol. The minimum atomic E-state index is -0.988. The van der Waals surface area contributed by atoms with Gasteiger partial charge in [-0.1, -0.05) is 33.3 Å². The molecule has 1 fully saturated rings. The van der Waals surface area contributed by atoms with E-state index in [1.807, 2.05) is 18.2 Å². The van der Waals surface area contributed by atoms with Crippen molar-refractivity contribution in [1.29, 1.82) is 0 Å². The van der Waals surface area contributed by atoms with Crippen molar-refractivity contribution in [2.75, 3.05) is 34.0 Å². The zero-order valence-electron chi connectivity index (χ0n) is 34.8. The number of imide groups is 2. The first-order valence-corrected chi connectivity index (χ1v) is 20.1. The molecule has 0 aliphatic carbocycles. The van der Waals surface area contributed by atoms with Crippen molar-refractivity contribution >= 4 is 29.5 Å². The Bertz CT molecular complexity index is 2040. The maximum atomic E-state index is 13.3. The summed E-state index contributed by atoms with van der Waals surface area (Å²) in [6.45, 7) is 9.47. The van der Waals surface area contributed by atoms with Crippen molar-refractivity contribution in [2.45, 2.75) is 97.9 Å². The van der Waals surface area contributed by atoms with E-state index in [2.05, 4.69) is 36.4 Å². The van der Waals surface area contributed by atoms with Crippen LogP contribution in [0.2, 0.25) is 0 Å². The third kappa shape index (κ3) is 10.6. The zero-order valence-corrected chi connectivity index (χ0v) is 34.8. The molecule has 2 N–H and O–H groups in total. The van der Waals surface area contributed by atoms with Gasteiger partial charge in [-0.15, -0.1) is 0 Å². The van der Waals surface area contributed by atoms with Crippen LogP contribution in [0.3, 0.4) is 0 Å². The SMILES string of the molecule is CCC[C@@H](CCc1ccc2c(c1)C(=O)N(C1CCC(=O)NC1=O)C2=O)COCC(C)(C)CNC(=O)CCCCc1c(OC)cc(-c2cn(C)c(=O)c(C)n2)cc1OC. The van der Waals surface area contributed by atoms with E-state index in [0.717, 1.165) is 47.3 Å². The molecule has 0 radical (unpaired) electrons. The normalized spacial score (nSPS) is 16.0. The number of carbonyl (C=O) groups is 5. The third-order valence-corrected chi connectivity index (χ3v) is 10.9. The van der Waals surface area contributed by atoms with E-state index in [1.165, 1.54) is 4.57 Å². The molecule has 5 amide bonds. The van der Waals surface area contributed by atoms with Crippen molar-refractivity contribution in [3.63, 3.8) is 0 Å². The molecule has 3 heterocycles. The topological polar surface area (TPSA) is 175 Å². The molecule has 2 aliphatic heterocycles. The number of benzene rings is 2. The van der Waals surface area contributed by atoms with E-state index in [0.29, 0.717) is 68.3 Å². The van der Waals surface area contributed by atoms with Crippen LogP contribution in [0.5, 0.6) is 11.5 Å². The van der Waals surface area contributed by atoms with Gasteiger partial charge in [-0.2, -0.15) is 0 Å². The average molecular weight is 800 g/mol. The first kappa shape index (κ1) is 43.7. The van der Waals surface area contributed by atoms with Gasteiger partial charge in [0, 0.05) is 55.8 Å². The number of piperidine rings is 1. The monoisotopic (exact) mass is 799 g/mol. The molecule has 3 aromatic rings. The smallest absolute Gasteiger partial charge is 0.271 e. The lowest BCUT2D eigenvalue weighted by Crippen LogP contribution is -2.54. The Labute approximate surface area is 340 Å². The molecule has 2 aliphatic rings. The van der Waals surface area contributed by atoms with Crippen LogP contribution in [-0.4, -0.2) is 84.0 Å². The lowest BCUT2D eigenvalue weighted by molar-refractivity contribution is -0.136. The maximum Gasteiger partial charge on any atom is 0.271 e. The summed E-state index contributed by atoms with van der Waals surface area (Å²) >= 11 is 0. The number of methoxy groups -OCH3 is 2. The third-order valence-electron chi connectivity index (χ3n) is 10.9. The zero-order chi connectivity index (χ0) is 42.1. The van der Waals surface area contributed by atoms with E-state index in [9.17, 15) is 28.8 Å². The second-order valence-corrected chi connectivity index (χ2v) is 16.2. The summed E-state index contributed by atoms with van der Waals surface area (Å²) in [5, 5.41) is 5.31.